The average molecular weight is 490 g/mol. The summed E-state index contributed by atoms with van der Waals surface area (Å²) in [5.74, 6) is 0.429. The monoisotopic (exact) mass is 489 g/mol. The number of carbonyl (C=O) groups is 4. The number of rotatable bonds is 10. The van der Waals surface area contributed by atoms with E-state index in [0.717, 1.165) is 0 Å². The molecule has 35 heavy (non-hydrogen) atoms. The molecule has 0 saturated carbocycles. The van der Waals surface area contributed by atoms with Gasteiger partial charge in [0.25, 0.3) is 0 Å². The average Bonchev–Trinajstić information content (AvgIpc) is 2.81. The van der Waals surface area contributed by atoms with Gasteiger partial charge in [-0.25, -0.2) is 4.79 Å². The van der Waals surface area contributed by atoms with E-state index in [0.29, 0.717) is 17.5 Å². The third-order valence-corrected chi connectivity index (χ3v) is 5.06. The molecule has 0 aliphatic heterocycles. The first-order valence-electron chi connectivity index (χ1n) is 11.2. The Hall–Kier alpha value is -3.58. The summed E-state index contributed by atoms with van der Waals surface area (Å²) < 4.78 is 9.79. The third kappa shape index (κ3) is 8.61. The summed E-state index contributed by atoms with van der Waals surface area (Å²) in [6.07, 6.45) is 5.20. The number of hydrogen-bond acceptors (Lipinski definition) is 7. The second-order valence-corrected chi connectivity index (χ2v) is 8.81. The van der Waals surface area contributed by atoms with Crippen LogP contribution in [0.2, 0.25) is 0 Å². The van der Waals surface area contributed by atoms with Gasteiger partial charge < -0.3 is 30.1 Å². The summed E-state index contributed by atoms with van der Waals surface area (Å²) in [5.41, 5.74) is -0.113. The summed E-state index contributed by atoms with van der Waals surface area (Å²) in [6.45, 7) is 7.35. The van der Waals surface area contributed by atoms with Gasteiger partial charge in [-0.2, -0.15) is 0 Å². The molecule has 0 aromatic heterocycles. The number of aliphatic hydroxyl groups is 1. The van der Waals surface area contributed by atoms with Crippen molar-refractivity contribution in [2.75, 3.05) is 20.3 Å². The van der Waals surface area contributed by atoms with Gasteiger partial charge in [-0.05, 0) is 45.7 Å². The molecule has 0 bridgehead atoms. The van der Waals surface area contributed by atoms with Gasteiger partial charge in [0.2, 0.25) is 11.8 Å². The Morgan fingerprint density at radius 1 is 1.20 bits per heavy atom. The van der Waals surface area contributed by atoms with Crippen molar-refractivity contribution >= 4 is 23.9 Å². The van der Waals surface area contributed by atoms with E-state index in [1.54, 1.807) is 52.0 Å². The highest BCUT2D eigenvalue weighted by molar-refractivity contribution is 5.93. The number of hydrogen-bond donors (Lipinski definition) is 3. The highest BCUT2D eigenvalue weighted by Gasteiger charge is 2.39. The first kappa shape index (κ1) is 29.5. The van der Waals surface area contributed by atoms with Crippen molar-refractivity contribution < 1.29 is 33.8 Å². The number of nitrogens with zero attached hydrogens (tertiary/aromatic N) is 1. The van der Waals surface area contributed by atoms with Crippen LogP contribution in [-0.2, 0) is 23.9 Å². The molecule has 3 amide bonds. The van der Waals surface area contributed by atoms with E-state index in [9.17, 15) is 24.3 Å². The van der Waals surface area contributed by atoms with E-state index in [2.05, 4.69) is 21.3 Å². The minimum atomic E-state index is -1.40. The molecule has 1 rings (SSSR count). The Bertz CT molecular complexity index is 949. The van der Waals surface area contributed by atoms with Crippen LogP contribution in [0.1, 0.15) is 58.2 Å². The second kappa shape index (κ2) is 13.3. The van der Waals surface area contributed by atoms with Crippen molar-refractivity contribution in [1.29, 1.82) is 0 Å². The molecule has 0 aliphatic rings. The lowest BCUT2D eigenvalue weighted by atomic mass is 9.96. The lowest BCUT2D eigenvalue weighted by Crippen LogP contribution is -2.57. The quantitative estimate of drug-likeness (QED) is 0.335. The maximum Gasteiger partial charge on any atom is 0.408 e. The zero-order valence-corrected chi connectivity index (χ0v) is 21.1. The zero-order chi connectivity index (χ0) is 26.8. The third-order valence-electron chi connectivity index (χ3n) is 5.06. The van der Waals surface area contributed by atoms with E-state index < -0.39 is 60.8 Å². The molecule has 0 heterocycles. The van der Waals surface area contributed by atoms with Crippen LogP contribution in [-0.4, -0.2) is 71.8 Å². The summed E-state index contributed by atoms with van der Waals surface area (Å²) >= 11 is 0. The standard InChI is InChI=1S/C25H35N3O7/c1-8-16(3)28(23(32)19(15-29)27-24(33)35-25(4,5)6)21(22(31)26-14-20(30)34-7)18-13-11-10-12-17(18)9-2/h2,10-13,16,19,21,29H,8,14-15H2,1,3-7H3,(H,26,31)(H,27,33). The van der Waals surface area contributed by atoms with E-state index in [1.807, 2.05) is 6.92 Å². The van der Waals surface area contributed by atoms with Gasteiger partial charge in [0, 0.05) is 11.6 Å². The largest absolute Gasteiger partial charge is 0.468 e. The van der Waals surface area contributed by atoms with Crippen LogP contribution >= 0.6 is 0 Å². The van der Waals surface area contributed by atoms with Gasteiger partial charge >= 0.3 is 12.1 Å². The molecule has 1 aromatic carbocycles. The number of methoxy groups -OCH3 is 1. The lowest BCUT2D eigenvalue weighted by Gasteiger charge is -2.38. The summed E-state index contributed by atoms with van der Waals surface area (Å²) in [7, 11) is 1.18. The fourth-order valence-electron chi connectivity index (χ4n) is 3.22. The number of esters is 1. The van der Waals surface area contributed by atoms with Crippen molar-refractivity contribution in [1.82, 2.24) is 15.5 Å². The molecule has 0 fully saturated rings. The molecule has 3 N–H and O–H groups in total. The number of amides is 3. The minimum absolute atomic E-state index is 0.347. The Morgan fingerprint density at radius 3 is 2.34 bits per heavy atom. The number of benzene rings is 1. The number of terminal acetylenes is 1. The number of ether oxygens (including phenoxy) is 2. The Labute approximate surface area is 206 Å². The van der Waals surface area contributed by atoms with Crippen LogP contribution in [0.3, 0.4) is 0 Å². The minimum Gasteiger partial charge on any atom is -0.468 e. The SMILES string of the molecule is C#Cc1ccccc1C(C(=O)NCC(=O)OC)N(C(=O)C(CO)NC(=O)OC(C)(C)C)C(C)CC. The van der Waals surface area contributed by atoms with E-state index in [-0.39, 0.29) is 0 Å². The molecule has 3 unspecified atom stereocenters. The van der Waals surface area contributed by atoms with Crippen molar-refractivity contribution in [3.63, 3.8) is 0 Å². The predicted octanol–water partition coefficient (Wildman–Crippen LogP) is 1.51. The first-order chi connectivity index (χ1) is 16.4. The second-order valence-electron chi connectivity index (χ2n) is 8.81. The number of aliphatic hydroxyl groups excluding tert-OH is 1. The van der Waals surface area contributed by atoms with Crippen molar-refractivity contribution in [3.8, 4) is 12.3 Å². The van der Waals surface area contributed by atoms with Gasteiger partial charge in [0.1, 0.15) is 24.2 Å². The molecule has 0 saturated heterocycles. The normalized spacial score (nSPS) is 13.4. The molecule has 0 aliphatic carbocycles. The summed E-state index contributed by atoms with van der Waals surface area (Å²) in [6, 6.07) is 3.41. The van der Waals surface area contributed by atoms with Gasteiger partial charge in [0.15, 0.2) is 0 Å². The van der Waals surface area contributed by atoms with Crippen molar-refractivity contribution in [2.24, 2.45) is 0 Å². The predicted molar refractivity (Wildman–Crippen MR) is 129 cm³/mol. The van der Waals surface area contributed by atoms with E-state index in [4.69, 9.17) is 11.2 Å². The number of alkyl carbamates (subject to hydrolysis) is 1. The summed E-state index contributed by atoms with van der Waals surface area (Å²) in [4.78, 5) is 52.2. The van der Waals surface area contributed by atoms with E-state index >= 15 is 0 Å². The maximum atomic E-state index is 13.7. The van der Waals surface area contributed by atoms with Crippen LogP contribution in [0.15, 0.2) is 24.3 Å². The Kier molecular flexibility index (Phi) is 11.2. The fraction of sp³-hybridized carbons (Fsp3) is 0.520. The molecule has 0 spiro atoms. The Balaban J connectivity index is 3.51. The smallest absolute Gasteiger partial charge is 0.408 e. The fourth-order valence-corrected chi connectivity index (χ4v) is 3.22. The molecule has 10 heteroatoms. The topological polar surface area (TPSA) is 134 Å². The molecule has 192 valence electrons. The molecular weight excluding hydrogens is 454 g/mol. The van der Waals surface area contributed by atoms with Crippen LogP contribution in [0.5, 0.6) is 0 Å². The van der Waals surface area contributed by atoms with Gasteiger partial charge in [-0.1, -0.05) is 31.0 Å². The highest BCUT2D eigenvalue weighted by Crippen LogP contribution is 2.28. The van der Waals surface area contributed by atoms with Crippen LogP contribution in [0.4, 0.5) is 4.79 Å². The molecular formula is C25H35N3O7. The van der Waals surface area contributed by atoms with Gasteiger partial charge in [0.05, 0.1) is 13.7 Å². The molecule has 3 atom stereocenters. The van der Waals surface area contributed by atoms with Crippen LogP contribution in [0, 0.1) is 12.3 Å². The van der Waals surface area contributed by atoms with Gasteiger partial charge in [-0.15, -0.1) is 6.42 Å². The van der Waals surface area contributed by atoms with Gasteiger partial charge in [-0.3, -0.25) is 14.4 Å². The van der Waals surface area contributed by atoms with Crippen LogP contribution < -0.4 is 10.6 Å². The number of nitrogens with one attached hydrogen (secondary N) is 2. The molecule has 1 aromatic rings. The summed E-state index contributed by atoms with van der Waals surface area (Å²) in [5, 5.41) is 14.8. The molecule has 0 radical (unpaired) electrons. The lowest BCUT2D eigenvalue weighted by molar-refractivity contribution is -0.147. The zero-order valence-electron chi connectivity index (χ0n) is 21.1. The highest BCUT2D eigenvalue weighted by atomic mass is 16.6. The van der Waals surface area contributed by atoms with E-state index in [1.165, 1.54) is 12.0 Å². The first-order valence-corrected chi connectivity index (χ1v) is 11.2. The Morgan fingerprint density at radius 2 is 1.83 bits per heavy atom. The maximum absolute atomic E-state index is 13.7. The van der Waals surface area contributed by atoms with Crippen molar-refractivity contribution in [2.45, 2.75) is 64.8 Å². The van der Waals surface area contributed by atoms with Crippen LogP contribution in [0.25, 0.3) is 0 Å². The van der Waals surface area contributed by atoms with Crippen molar-refractivity contribution in [3.05, 3.63) is 35.4 Å². The molecule has 10 nitrogen and oxygen atoms in total. The number of carbonyl (C=O) groups excluding carboxylic acids is 4.